The standard InChI is InChI=1S/C22H28N4O3S/c23-10-9-21(24)22-8-7-19(16-25-22)29-17-18-5-3-6-20(15-18)30(27,28)14-4-13-26-11-1-2-12-26/h3,5-10,15-16,23H,1-2,4,11-14,17,24H2/b21-9-,23-10?. The van der Waals surface area contributed by atoms with E-state index in [1.165, 1.54) is 18.9 Å². The molecule has 2 heterocycles. The van der Waals surface area contributed by atoms with Gasteiger partial charge in [-0.25, -0.2) is 8.42 Å². The van der Waals surface area contributed by atoms with E-state index < -0.39 is 9.84 Å². The first-order valence-corrected chi connectivity index (χ1v) is 11.7. The first-order chi connectivity index (χ1) is 14.5. The van der Waals surface area contributed by atoms with Crippen molar-refractivity contribution in [1.29, 1.82) is 5.41 Å². The van der Waals surface area contributed by atoms with Gasteiger partial charge < -0.3 is 20.8 Å². The SMILES string of the molecule is N=C/C=C(\N)c1ccc(OCc2cccc(S(=O)(=O)CCCN3CCCC3)c2)cn1. The van der Waals surface area contributed by atoms with Crippen molar-refractivity contribution in [1.82, 2.24) is 9.88 Å². The first-order valence-electron chi connectivity index (χ1n) is 10.1. The number of nitrogens with zero attached hydrogens (tertiary/aromatic N) is 2. The van der Waals surface area contributed by atoms with E-state index in [1.807, 2.05) is 6.07 Å². The summed E-state index contributed by atoms with van der Waals surface area (Å²) in [6.45, 7) is 3.23. The molecule has 30 heavy (non-hydrogen) atoms. The average Bonchev–Trinajstić information content (AvgIpc) is 3.26. The van der Waals surface area contributed by atoms with Gasteiger partial charge in [-0.05, 0) is 74.8 Å². The van der Waals surface area contributed by atoms with Gasteiger partial charge in [-0.1, -0.05) is 12.1 Å². The fourth-order valence-corrected chi connectivity index (χ4v) is 4.77. The maximum absolute atomic E-state index is 12.7. The molecule has 0 saturated carbocycles. The summed E-state index contributed by atoms with van der Waals surface area (Å²) < 4.78 is 31.1. The Kier molecular flexibility index (Phi) is 7.59. The summed E-state index contributed by atoms with van der Waals surface area (Å²) in [6, 6.07) is 10.4. The maximum Gasteiger partial charge on any atom is 0.178 e. The number of nitrogens with two attached hydrogens (primary N) is 1. The molecule has 3 N–H and O–H groups in total. The monoisotopic (exact) mass is 428 g/mol. The van der Waals surface area contributed by atoms with E-state index in [0.29, 0.717) is 28.5 Å². The Balaban J connectivity index is 1.56. The van der Waals surface area contributed by atoms with Crippen LogP contribution in [-0.4, -0.2) is 49.9 Å². The summed E-state index contributed by atoms with van der Waals surface area (Å²) in [4.78, 5) is 6.87. The lowest BCUT2D eigenvalue weighted by Gasteiger charge is -2.14. The highest BCUT2D eigenvalue weighted by molar-refractivity contribution is 7.91. The van der Waals surface area contributed by atoms with Crippen molar-refractivity contribution in [2.24, 2.45) is 5.73 Å². The zero-order valence-electron chi connectivity index (χ0n) is 17.0. The molecule has 1 aromatic heterocycles. The minimum absolute atomic E-state index is 0.157. The van der Waals surface area contributed by atoms with Crippen LogP contribution in [0, 0.1) is 5.41 Å². The van der Waals surface area contributed by atoms with Crippen molar-refractivity contribution >= 4 is 21.7 Å². The van der Waals surface area contributed by atoms with Crippen molar-refractivity contribution in [3.8, 4) is 5.75 Å². The molecule has 1 fully saturated rings. The van der Waals surface area contributed by atoms with Gasteiger partial charge in [0.2, 0.25) is 0 Å². The molecule has 0 unspecified atom stereocenters. The number of benzene rings is 1. The molecule has 1 aromatic carbocycles. The minimum Gasteiger partial charge on any atom is -0.487 e. The lowest BCUT2D eigenvalue weighted by molar-refractivity contribution is 0.304. The van der Waals surface area contributed by atoms with Crippen LogP contribution in [0.2, 0.25) is 0 Å². The van der Waals surface area contributed by atoms with Gasteiger partial charge in [-0.3, -0.25) is 4.98 Å². The molecule has 0 atom stereocenters. The van der Waals surface area contributed by atoms with Gasteiger partial charge in [0.15, 0.2) is 9.84 Å². The smallest absolute Gasteiger partial charge is 0.178 e. The minimum atomic E-state index is -3.31. The van der Waals surface area contributed by atoms with Gasteiger partial charge in [0.1, 0.15) is 12.4 Å². The summed E-state index contributed by atoms with van der Waals surface area (Å²) in [6.07, 6.45) is 7.19. The Morgan fingerprint density at radius 2 is 2.03 bits per heavy atom. The molecule has 3 rings (SSSR count). The zero-order valence-corrected chi connectivity index (χ0v) is 17.8. The second-order valence-corrected chi connectivity index (χ2v) is 9.43. The van der Waals surface area contributed by atoms with Crippen LogP contribution < -0.4 is 10.5 Å². The van der Waals surface area contributed by atoms with Gasteiger partial charge in [0.05, 0.1) is 28.2 Å². The summed E-state index contributed by atoms with van der Waals surface area (Å²) in [5, 5.41) is 7.04. The quantitative estimate of drug-likeness (QED) is 0.563. The number of aromatic nitrogens is 1. The third kappa shape index (κ3) is 6.14. The normalized spacial score (nSPS) is 15.3. The molecule has 7 nitrogen and oxygen atoms in total. The molecule has 0 spiro atoms. The van der Waals surface area contributed by atoms with Crippen LogP contribution in [0.1, 0.15) is 30.5 Å². The zero-order chi connectivity index (χ0) is 21.4. The molecule has 160 valence electrons. The molecule has 0 aliphatic carbocycles. The van der Waals surface area contributed by atoms with Crippen LogP contribution >= 0.6 is 0 Å². The summed E-state index contributed by atoms with van der Waals surface area (Å²) in [5.41, 5.74) is 7.54. The molecular formula is C22H28N4O3S. The van der Waals surface area contributed by atoms with Crippen LogP contribution in [-0.2, 0) is 16.4 Å². The van der Waals surface area contributed by atoms with E-state index in [9.17, 15) is 8.42 Å². The van der Waals surface area contributed by atoms with Crippen LogP contribution in [0.25, 0.3) is 5.70 Å². The Hall–Kier alpha value is -2.71. The number of sulfone groups is 1. The lowest BCUT2D eigenvalue weighted by Crippen LogP contribution is -2.22. The molecule has 0 radical (unpaired) electrons. The lowest BCUT2D eigenvalue weighted by atomic mass is 10.2. The number of hydrogen-bond acceptors (Lipinski definition) is 7. The Labute approximate surface area is 178 Å². The molecule has 1 aliphatic heterocycles. The van der Waals surface area contributed by atoms with Crippen molar-refractivity contribution in [3.05, 3.63) is 59.9 Å². The molecule has 1 saturated heterocycles. The van der Waals surface area contributed by atoms with E-state index in [1.54, 1.807) is 36.5 Å². The Morgan fingerprint density at radius 3 is 2.73 bits per heavy atom. The molecule has 0 bridgehead atoms. The molecule has 2 aromatic rings. The number of rotatable bonds is 10. The van der Waals surface area contributed by atoms with E-state index in [2.05, 4.69) is 9.88 Å². The fraction of sp³-hybridized carbons (Fsp3) is 0.364. The number of nitrogens with one attached hydrogen (secondary N) is 1. The van der Waals surface area contributed by atoms with Crippen molar-refractivity contribution in [3.63, 3.8) is 0 Å². The van der Waals surface area contributed by atoms with E-state index in [-0.39, 0.29) is 12.4 Å². The Bertz CT molecular complexity index is 982. The third-order valence-electron chi connectivity index (χ3n) is 5.04. The van der Waals surface area contributed by atoms with Crippen LogP contribution in [0.4, 0.5) is 0 Å². The van der Waals surface area contributed by atoms with Gasteiger partial charge in [0.25, 0.3) is 0 Å². The summed E-state index contributed by atoms with van der Waals surface area (Å²) in [7, 11) is -3.31. The van der Waals surface area contributed by atoms with Gasteiger partial charge >= 0.3 is 0 Å². The highest BCUT2D eigenvalue weighted by Crippen LogP contribution is 2.18. The van der Waals surface area contributed by atoms with Crippen LogP contribution in [0.15, 0.2) is 53.6 Å². The average molecular weight is 429 g/mol. The third-order valence-corrected chi connectivity index (χ3v) is 6.84. The van der Waals surface area contributed by atoms with Crippen molar-refractivity contribution in [2.45, 2.75) is 30.8 Å². The van der Waals surface area contributed by atoms with Crippen molar-refractivity contribution < 1.29 is 13.2 Å². The number of allylic oxidation sites excluding steroid dienone is 1. The van der Waals surface area contributed by atoms with Gasteiger partial charge in [0, 0.05) is 6.21 Å². The van der Waals surface area contributed by atoms with Crippen LogP contribution in [0.5, 0.6) is 5.75 Å². The predicted octanol–water partition coefficient (Wildman–Crippen LogP) is 2.87. The number of hydrogen-bond donors (Lipinski definition) is 2. The molecular weight excluding hydrogens is 400 g/mol. The van der Waals surface area contributed by atoms with E-state index in [0.717, 1.165) is 31.4 Å². The Morgan fingerprint density at radius 1 is 1.23 bits per heavy atom. The predicted molar refractivity (Wildman–Crippen MR) is 118 cm³/mol. The highest BCUT2D eigenvalue weighted by Gasteiger charge is 2.17. The summed E-state index contributed by atoms with van der Waals surface area (Å²) in [5.74, 6) is 0.712. The topological polar surface area (TPSA) is 109 Å². The second-order valence-electron chi connectivity index (χ2n) is 7.33. The van der Waals surface area contributed by atoms with Gasteiger partial charge in [-0.2, -0.15) is 0 Å². The maximum atomic E-state index is 12.7. The van der Waals surface area contributed by atoms with Crippen LogP contribution in [0.3, 0.4) is 0 Å². The number of ether oxygens (including phenoxy) is 1. The molecule has 0 amide bonds. The number of pyridine rings is 1. The molecule has 8 heteroatoms. The van der Waals surface area contributed by atoms with Crippen molar-refractivity contribution in [2.75, 3.05) is 25.4 Å². The molecule has 1 aliphatic rings. The van der Waals surface area contributed by atoms with Gasteiger partial charge in [-0.15, -0.1) is 0 Å². The fourth-order valence-electron chi connectivity index (χ4n) is 3.41. The van der Waals surface area contributed by atoms with E-state index in [4.69, 9.17) is 15.9 Å². The summed E-state index contributed by atoms with van der Waals surface area (Å²) >= 11 is 0. The second kappa shape index (κ2) is 10.4. The first kappa shape index (κ1) is 22.0. The largest absolute Gasteiger partial charge is 0.487 e. The van der Waals surface area contributed by atoms with E-state index >= 15 is 0 Å². The highest BCUT2D eigenvalue weighted by atomic mass is 32.2. The number of likely N-dealkylation sites (tertiary alicyclic amines) is 1.